The molecule has 0 unspecified atom stereocenters. The summed E-state index contributed by atoms with van der Waals surface area (Å²) < 4.78 is 0. The van der Waals surface area contributed by atoms with E-state index in [4.69, 9.17) is 0 Å². The maximum absolute atomic E-state index is 11.0. The predicted octanol–water partition coefficient (Wildman–Crippen LogP) is -0.614. The van der Waals surface area contributed by atoms with Crippen LogP contribution in [0, 0.1) is 0 Å². The quantitative estimate of drug-likeness (QED) is 0.552. The highest BCUT2D eigenvalue weighted by Gasteiger charge is 2.12. The third-order valence-electron chi connectivity index (χ3n) is 1.83. The molecule has 0 bridgehead atoms. The first kappa shape index (κ1) is 13.3. The first-order chi connectivity index (χ1) is 7.02. The largest absolute Gasteiger partial charge is 0.288 e. The molecule has 0 heterocycles. The molecule has 0 aliphatic rings. The number of hydrogen-bond acceptors (Lipinski definition) is 4. The highest BCUT2D eigenvalue weighted by molar-refractivity contribution is 5.92. The first-order valence-corrected chi connectivity index (χ1v) is 4.48. The van der Waals surface area contributed by atoms with Gasteiger partial charge < -0.3 is 0 Å². The van der Waals surface area contributed by atoms with E-state index in [2.05, 4.69) is 0 Å². The Hall–Kier alpha value is -1.72. The van der Waals surface area contributed by atoms with Crippen LogP contribution in [0.25, 0.3) is 0 Å². The highest BCUT2D eigenvalue weighted by atomic mass is 16.2. The van der Waals surface area contributed by atoms with Crippen LogP contribution in [0.2, 0.25) is 0 Å². The summed E-state index contributed by atoms with van der Waals surface area (Å²) in [7, 11) is 0. The zero-order valence-corrected chi connectivity index (χ0v) is 8.80. The maximum Gasteiger partial charge on any atom is 0.226 e. The molecule has 0 saturated carbocycles. The maximum atomic E-state index is 11.0. The molecule has 6 heteroatoms. The lowest BCUT2D eigenvalue weighted by molar-refractivity contribution is -0.142. The molecule has 0 fully saturated rings. The van der Waals surface area contributed by atoms with E-state index in [0.29, 0.717) is 19.2 Å². The van der Waals surface area contributed by atoms with Crippen molar-refractivity contribution in [2.45, 2.75) is 20.3 Å². The van der Waals surface area contributed by atoms with Crippen LogP contribution in [-0.2, 0) is 19.2 Å². The summed E-state index contributed by atoms with van der Waals surface area (Å²) in [6.45, 7) is 2.99. The summed E-state index contributed by atoms with van der Waals surface area (Å²) in [6.07, 6.45) is 1.19. The second-order valence-electron chi connectivity index (χ2n) is 2.99. The van der Waals surface area contributed by atoms with E-state index in [1.807, 2.05) is 0 Å². The van der Waals surface area contributed by atoms with Crippen LogP contribution in [0.3, 0.4) is 0 Å². The second-order valence-corrected chi connectivity index (χ2v) is 2.99. The fraction of sp³-hybridized carbons (Fsp3) is 0.556. The molecule has 0 N–H and O–H groups in total. The van der Waals surface area contributed by atoms with E-state index in [-0.39, 0.29) is 24.9 Å². The normalized spacial score (nSPS) is 9.20. The summed E-state index contributed by atoms with van der Waals surface area (Å²) in [6, 6.07) is 0. The van der Waals surface area contributed by atoms with Gasteiger partial charge in [-0.15, -0.1) is 0 Å². The Kier molecular flexibility index (Phi) is 5.92. The van der Waals surface area contributed by atoms with Crippen LogP contribution in [0.5, 0.6) is 0 Å². The lowest BCUT2D eigenvalue weighted by Crippen LogP contribution is -2.35. The van der Waals surface area contributed by atoms with Crippen molar-refractivity contribution in [3.8, 4) is 0 Å². The van der Waals surface area contributed by atoms with Crippen molar-refractivity contribution in [3.63, 3.8) is 0 Å². The topological polar surface area (TPSA) is 74.8 Å². The lowest BCUT2D eigenvalue weighted by atomic mass is 10.3. The number of amides is 4. The molecule has 0 spiro atoms. The molecule has 0 radical (unpaired) electrons. The van der Waals surface area contributed by atoms with E-state index < -0.39 is 0 Å². The number of imide groups is 2. The van der Waals surface area contributed by atoms with E-state index in [9.17, 15) is 19.2 Å². The first-order valence-electron chi connectivity index (χ1n) is 4.48. The smallest absolute Gasteiger partial charge is 0.226 e. The molecule has 0 saturated heterocycles. The van der Waals surface area contributed by atoms with Crippen molar-refractivity contribution < 1.29 is 19.2 Å². The monoisotopic (exact) mass is 214 g/mol. The van der Waals surface area contributed by atoms with Gasteiger partial charge in [0, 0.05) is 26.9 Å². The van der Waals surface area contributed by atoms with Crippen LogP contribution in [0.1, 0.15) is 20.3 Å². The molecule has 0 aliphatic carbocycles. The third-order valence-corrected chi connectivity index (χ3v) is 1.83. The second kappa shape index (κ2) is 6.69. The van der Waals surface area contributed by atoms with Crippen molar-refractivity contribution in [1.29, 1.82) is 0 Å². The van der Waals surface area contributed by atoms with E-state index in [0.717, 1.165) is 9.80 Å². The summed E-state index contributed by atoms with van der Waals surface area (Å²) in [5.74, 6) is -0.683. The van der Waals surface area contributed by atoms with Crippen LogP contribution in [-0.4, -0.2) is 47.5 Å². The van der Waals surface area contributed by atoms with E-state index >= 15 is 0 Å². The van der Waals surface area contributed by atoms with Gasteiger partial charge in [0.05, 0.1) is 0 Å². The lowest BCUT2D eigenvalue weighted by Gasteiger charge is -2.17. The molecule has 0 aliphatic heterocycles. The SMILES string of the molecule is CC(=O)N(CCCN(C=O)C=O)C(C)=O. The average molecular weight is 214 g/mol. The van der Waals surface area contributed by atoms with Crippen molar-refractivity contribution in [1.82, 2.24) is 9.80 Å². The number of nitrogens with zero attached hydrogens (tertiary/aromatic N) is 2. The number of carbonyl (C=O) groups excluding carboxylic acids is 4. The predicted molar refractivity (Wildman–Crippen MR) is 51.5 cm³/mol. The zero-order chi connectivity index (χ0) is 11.8. The summed E-state index contributed by atoms with van der Waals surface area (Å²) in [5.41, 5.74) is 0. The van der Waals surface area contributed by atoms with Crippen molar-refractivity contribution >= 4 is 24.6 Å². The molecule has 0 aromatic rings. The molecule has 0 aromatic carbocycles. The van der Waals surface area contributed by atoms with Crippen LogP contribution >= 0.6 is 0 Å². The molecule has 0 aromatic heterocycles. The molecule has 4 amide bonds. The minimum atomic E-state index is -0.341. The highest BCUT2D eigenvalue weighted by Crippen LogP contribution is 1.94. The standard InChI is InChI=1S/C9H14N2O4/c1-8(14)11(9(2)15)5-3-4-10(6-12)7-13/h6-7H,3-5H2,1-2H3. The van der Waals surface area contributed by atoms with Gasteiger partial charge in [-0.3, -0.25) is 29.0 Å². The van der Waals surface area contributed by atoms with Crippen LogP contribution < -0.4 is 0 Å². The minimum absolute atomic E-state index is 0.198. The number of rotatable bonds is 6. The fourth-order valence-electron chi connectivity index (χ4n) is 1.08. The van der Waals surface area contributed by atoms with Crippen molar-refractivity contribution in [3.05, 3.63) is 0 Å². The zero-order valence-electron chi connectivity index (χ0n) is 8.80. The molecular weight excluding hydrogens is 200 g/mol. The van der Waals surface area contributed by atoms with Gasteiger partial charge in [-0.1, -0.05) is 0 Å². The Morgan fingerprint density at radius 1 is 1.00 bits per heavy atom. The van der Waals surface area contributed by atoms with Gasteiger partial charge in [-0.05, 0) is 6.42 Å². The Bertz CT molecular complexity index is 243. The van der Waals surface area contributed by atoms with E-state index in [1.54, 1.807) is 0 Å². The van der Waals surface area contributed by atoms with Gasteiger partial charge >= 0.3 is 0 Å². The van der Waals surface area contributed by atoms with Gasteiger partial charge in [-0.2, -0.15) is 0 Å². The molecule has 84 valence electrons. The molecule has 15 heavy (non-hydrogen) atoms. The molecular formula is C9H14N2O4. The van der Waals surface area contributed by atoms with Crippen molar-refractivity contribution in [2.75, 3.05) is 13.1 Å². The van der Waals surface area contributed by atoms with Gasteiger partial charge in [0.2, 0.25) is 24.6 Å². The third kappa shape index (κ3) is 4.90. The van der Waals surface area contributed by atoms with Crippen LogP contribution in [0.4, 0.5) is 0 Å². The summed E-state index contributed by atoms with van der Waals surface area (Å²) in [4.78, 5) is 44.3. The Morgan fingerprint density at radius 2 is 1.47 bits per heavy atom. The Balaban J connectivity index is 4.01. The van der Waals surface area contributed by atoms with Gasteiger partial charge in [0.25, 0.3) is 0 Å². The minimum Gasteiger partial charge on any atom is -0.288 e. The van der Waals surface area contributed by atoms with Gasteiger partial charge in [0.15, 0.2) is 0 Å². The summed E-state index contributed by atoms with van der Waals surface area (Å²) in [5, 5.41) is 0. The summed E-state index contributed by atoms with van der Waals surface area (Å²) >= 11 is 0. The molecule has 0 rings (SSSR count). The van der Waals surface area contributed by atoms with Gasteiger partial charge in [-0.25, -0.2) is 0 Å². The van der Waals surface area contributed by atoms with Crippen LogP contribution in [0.15, 0.2) is 0 Å². The van der Waals surface area contributed by atoms with Gasteiger partial charge in [0.1, 0.15) is 0 Å². The Morgan fingerprint density at radius 3 is 1.80 bits per heavy atom. The molecule has 6 nitrogen and oxygen atoms in total. The number of hydrogen-bond donors (Lipinski definition) is 0. The molecule has 0 atom stereocenters. The van der Waals surface area contributed by atoms with Crippen molar-refractivity contribution in [2.24, 2.45) is 0 Å². The average Bonchev–Trinajstić information content (AvgIpc) is 2.17. The van der Waals surface area contributed by atoms with E-state index in [1.165, 1.54) is 13.8 Å². The Labute approximate surface area is 87.8 Å². The fourth-order valence-corrected chi connectivity index (χ4v) is 1.08. The number of carbonyl (C=O) groups is 4.